The lowest BCUT2D eigenvalue weighted by Gasteiger charge is -2.19. The van der Waals surface area contributed by atoms with Crippen LogP contribution in [0.25, 0.3) is 0 Å². The Bertz CT molecular complexity index is 1120. The SMILES string of the molecule is CCn1ncc(C(=O)c2cc(C)c(S(C)(=O)=O)c(C)c2C(F)(F)F)c1OC(=O)OC. The van der Waals surface area contributed by atoms with Gasteiger partial charge in [0.2, 0.25) is 11.7 Å². The Labute approximate surface area is 170 Å². The molecule has 0 radical (unpaired) electrons. The highest BCUT2D eigenvalue weighted by molar-refractivity contribution is 7.90. The number of sulfone groups is 1. The molecule has 0 atom stereocenters. The van der Waals surface area contributed by atoms with Gasteiger partial charge in [-0.2, -0.15) is 18.3 Å². The predicted molar refractivity (Wildman–Crippen MR) is 98.4 cm³/mol. The average molecular weight is 448 g/mol. The highest BCUT2D eigenvalue weighted by Crippen LogP contribution is 2.40. The molecule has 0 amide bonds. The summed E-state index contributed by atoms with van der Waals surface area (Å²) in [6.45, 7) is 4.05. The molecule has 0 aliphatic heterocycles. The van der Waals surface area contributed by atoms with Crippen LogP contribution in [0, 0.1) is 13.8 Å². The predicted octanol–water partition coefficient (Wildman–Crippen LogP) is 3.32. The number of ketones is 1. The number of rotatable bonds is 5. The molecule has 0 saturated heterocycles. The summed E-state index contributed by atoms with van der Waals surface area (Å²) in [4.78, 5) is 24.1. The second-order valence-electron chi connectivity index (χ2n) is 6.40. The lowest BCUT2D eigenvalue weighted by molar-refractivity contribution is -0.138. The molecule has 0 bridgehead atoms. The van der Waals surface area contributed by atoms with E-state index in [1.165, 1.54) is 6.92 Å². The van der Waals surface area contributed by atoms with Crippen molar-refractivity contribution in [3.63, 3.8) is 0 Å². The zero-order chi connectivity index (χ0) is 23.0. The zero-order valence-electron chi connectivity index (χ0n) is 16.7. The number of methoxy groups -OCH3 is 1. The quantitative estimate of drug-likeness (QED) is 0.510. The molecule has 0 aliphatic rings. The van der Waals surface area contributed by atoms with Gasteiger partial charge in [-0.25, -0.2) is 17.9 Å². The van der Waals surface area contributed by atoms with Crippen molar-refractivity contribution in [1.29, 1.82) is 0 Å². The highest BCUT2D eigenvalue weighted by Gasteiger charge is 2.40. The molecule has 8 nitrogen and oxygen atoms in total. The van der Waals surface area contributed by atoms with Crippen molar-refractivity contribution >= 4 is 21.8 Å². The number of aromatic nitrogens is 2. The van der Waals surface area contributed by atoms with Crippen molar-refractivity contribution in [2.45, 2.75) is 38.4 Å². The summed E-state index contributed by atoms with van der Waals surface area (Å²) in [7, 11) is -2.97. The first-order valence-corrected chi connectivity index (χ1v) is 10.4. The summed E-state index contributed by atoms with van der Waals surface area (Å²) in [5.74, 6) is -1.52. The van der Waals surface area contributed by atoms with Crippen molar-refractivity contribution in [2.75, 3.05) is 13.4 Å². The van der Waals surface area contributed by atoms with Gasteiger partial charge in [0.25, 0.3) is 0 Å². The van der Waals surface area contributed by atoms with E-state index in [1.54, 1.807) is 6.92 Å². The monoisotopic (exact) mass is 448 g/mol. The first-order chi connectivity index (χ1) is 13.7. The number of aryl methyl sites for hydroxylation is 2. The maximum absolute atomic E-state index is 13.8. The third kappa shape index (κ3) is 4.32. The van der Waals surface area contributed by atoms with Gasteiger partial charge in [0, 0.05) is 18.4 Å². The summed E-state index contributed by atoms with van der Waals surface area (Å²) in [5.41, 5.74) is -3.18. The van der Waals surface area contributed by atoms with Gasteiger partial charge in [0.05, 0.1) is 23.8 Å². The Kier molecular flexibility index (Phi) is 6.31. The van der Waals surface area contributed by atoms with Crippen LogP contribution in [0.15, 0.2) is 17.2 Å². The topological polar surface area (TPSA) is 105 Å². The standard InChI is InChI=1S/C18H19F3N2O6S/c1-6-23-16(29-17(25)28-4)12(8-22-23)14(24)11-7-9(2)15(30(5,26)27)10(3)13(11)18(19,20)21/h7-8H,6H2,1-5H3. The van der Waals surface area contributed by atoms with Crippen LogP contribution in [0.1, 0.15) is 39.5 Å². The fourth-order valence-corrected chi connectivity index (χ4v) is 4.51. The fourth-order valence-electron chi connectivity index (χ4n) is 3.21. The molecule has 164 valence electrons. The highest BCUT2D eigenvalue weighted by atomic mass is 32.2. The van der Waals surface area contributed by atoms with Crippen molar-refractivity contribution in [2.24, 2.45) is 0 Å². The maximum Gasteiger partial charge on any atom is 0.514 e. The van der Waals surface area contributed by atoms with Crippen molar-refractivity contribution in [3.8, 4) is 5.88 Å². The van der Waals surface area contributed by atoms with Crippen LogP contribution in [0.2, 0.25) is 0 Å². The summed E-state index contributed by atoms with van der Waals surface area (Å²) in [6, 6.07) is 0.861. The Morgan fingerprint density at radius 2 is 1.80 bits per heavy atom. The van der Waals surface area contributed by atoms with Crippen LogP contribution in [0.5, 0.6) is 5.88 Å². The van der Waals surface area contributed by atoms with E-state index < -0.39 is 55.1 Å². The molecule has 0 fully saturated rings. The minimum atomic E-state index is -5.02. The first kappa shape index (κ1) is 23.4. The van der Waals surface area contributed by atoms with E-state index in [-0.39, 0.29) is 18.0 Å². The smallest absolute Gasteiger partial charge is 0.437 e. The van der Waals surface area contributed by atoms with E-state index >= 15 is 0 Å². The lowest BCUT2D eigenvalue weighted by atomic mass is 9.93. The number of halogens is 3. The van der Waals surface area contributed by atoms with Gasteiger partial charge in [-0.15, -0.1) is 0 Å². The molecule has 30 heavy (non-hydrogen) atoms. The number of nitrogens with zero attached hydrogens (tertiary/aromatic N) is 2. The summed E-state index contributed by atoms with van der Waals surface area (Å²) in [5, 5.41) is 3.85. The molecule has 2 aromatic rings. The van der Waals surface area contributed by atoms with Gasteiger partial charge in [0.15, 0.2) is 9.84 Å². The number of carbonyl (C=O) groups excluding carboxylic acids is 2. The molecule has 1 heterocycles. The Morgan fingerprint density at radius 3 is 2.27 bits per heavy atom. The largest absolute Gasteiger partial charge is 0.514 e. The first-order valence-electron chi connectivity index (χ1n) is 8.51. The van der Waals surface area contributed by atoms with E-state index in [0.29, 0.717) is 0 Å². The number of ether oxygens (including phenoxy) is 2. The molecule has 0 aliphatic carbocycles. The van der Waals surface area contributed by atoms with E-state index in [2.05, 4.69) is 9.84 Å². The van der Waals surface area contributed by atoms with E-state index in [0.717, 1.165) is 37.2 Å². The van der Waals surface area contributed by atoms with Crippen molar-refractivity contribution in [3.05, 3.63) is 40.1 Å². The second kappa shape index (κ2) is 8.09. The van der Waals surface area contributed by atoms with Gasteiger partial charge < -0.3 is 9.47 Å². The summed E-state index contributed by atoms with van der Waals surface area (Å²) >= 11 is 0. The molecule has 12 heteroatoms. The number of benzene rings is 1. The summed E-state index contributed by atoms with van der Waals surface area (Å²) in [6.07, 6.45) is -4.45. The molecule has 2 rings (SSSR count). The number of alkyl halides is 3. The average Bonchev–Trinajstić information content (AvgIpc) is 3.00. The van der Waals surface area contributed by atoms with Gasteiger partial charge in [-0.05, 0) is 38.0 Å². The number of hydrogen-bond acceptors (Lipinski definition) is 7. The van der Waals surface area contributed by atoms with Crippen molar-refractivity contribution < 1.29 is 40.7 Å². The normalized spacial score (nSPS) is 12.0. The third-order valence-electron chi connectivity index (χ3n) is 4.28. The molecule has 0 spiro atoms. The fraction of sp³-hybridized carbons (Fsp3) is 0.389. The minimum Gasteiger partial charge on any atom is -0.437 e. The summed E-state index contributed by atoms with van der Waals surface area (Å²) < 4.78 is 76.0. The van der Waals surface area contributed by atoms with Crippen LogP contribution in [0.4, 0.5) is 18.0 Å². The van der Waals surface area contributed by atoms with Gasteiger partial charge in [-0.1, -0.05) is 0 Å². The third-order valence-corrected chi connectivity index (χ3v) is 5.65. The molecule has 1 aromatic heterocycles. The van der Waals surface area contributed by atoms with Crippen molar-refractivity contribution in [1.82, 2.24) is 9.78 Å². The van der Waals surface area contributed by atoms with Gasteiger partial charge >= 0.3 is 12.3 Å². The molecular formula is C18H19F3N2O6S. The zero-order valence-corrected chi connectivity index (χ0v) is 17.6. The minimum absolute atomic E-state index is 0.0235. The lowest BCUT2D eigenvalue weighted by Crippen LogP contribution is -2.20. The van der Waals surface area contributed by atoms with E-state index in [1.807, 2.05) is 0 Å². The van der Waals surface area contributed by atoms with Crippen LogP contribution in [-0.4, -0.2) is 43.5 Å². The Hall–Kier alpha value is -2.89. The molecule has 0 saturated carbocycles. The van der Waals surface area contributed by atoms with Gasteiger partial charge in [0.1, 0.15) is 5.56 Å². The van der Waals surface area contributed by atoms with Crippen LogP contribution < -0.4 is 4.74 Å². The molecule has 1 aromatic carbocycles. The molecule has 0 N–H and O–H groups in total. The van der Waals surface area contributed by atoms with Gasteiger partial charge in [-0.3, -0.25) is 4.79 Å². The Balaban J connectivity index is 2.81. The maximum atomic E-state index is 13.8. The van der Waals surface area contributed by atoms with Crippen LogP contribution >= 0.6 is 0 Å². The van der Waals surface area contributed by atoms with E-state index in [9.17, 15) is 31.2 Å². The second-order valence-corrected chi connectivity index (χ2v) is 8.36. The number of hydrogen-bond donors (Lipinski definition) is 0. The van der Waals surface area contributed by atoms with E-state index in [4.69, 9.17) is 4.74 Å². The molecular weight excluding hydrogens is 429 g/mol. The number of carbonyl (C=O) groups is 2. The van der Waals surface area contributed by atoms with Crippen LogP contribution in [-0.2, 0) is 27.3 Å². The Morgan fingerprint density at radius 1 is 1.20 bits per heavy atom. The molecule has 0 unspecified atom stereocenters. The van der Waals surface area contributed by atoms with Crippen LogP contribution in [0.3, 0.4) is 0 Å².